The van der Waals surface area contributed by atoms with Crippen molar-refractivity contribution < 1.29 is 4.92 Å². The summed E-state index contributed by atoms with van der Waals surface area (Å²) in [5.41, 5.74) is 1.19. The molecule has 0 aliphatic carbocycles. The van der Waals surface area contributed by atoms with Crippen molar-refractivity contribution in [2.45, 2.75) is 13.5 Å². The Morgan fingerprint density at radius 2 is 1.81 bits per heavy atom. The lowest BCUT2D eigenvalue weighted by Gasteiger charge is -2.04. The van der Waals surface area contributed by atoms with E-state index in [1.54, 1.807) is 12.1 Å². The van der Waals surface area contributed by atoms with Crippen LogP contribution in [-0.2, 0) is 6.54 Å². The second-order valence-corrected chi connectivity index (χ2v) is 3.45. The highest BCUT2D eigenvalue weighted by Crippen LogP contribution is 2.11. The molecule has 0 heterocycles. The van der Waals surface area contributed by atoms with Gasteiger partial charge in [0.05, 0.1) is 4.92 Å². The van der Waals surface area contributed by atoms with Crippen molar-refractivity contribution in [3.8, 4) is 0 Å². The summed E-state index contributed by atoms with van der Waals surface area (Å²) in [5, 5.41) is 16.9. The number of benzene rings is 1. The van der Waals surface area contributed by atoms with Crippen molar-refractivity contribution in [2.24, 2.45) is 0 Å². The molecule has 16 heavy (non-hydrogen) atoms. The molecule has 0 spiro atoms. The second-order valence-electron chi connectivity index (χ2n) is 3.45. The average Bonchev–Trinajstić information content (AvgIpc) is 2.29. The van der Waals surface area contributed by atoms with Gasteiger partial charge >= 0.3 is 0 Å². The van der Waals surface area contributed by atoms with Gasteiger partial charge in [-0.3, -0.25) is 10.1 Å². The second kappa shape index (κ2) is 6.92. The van der Waals surface area contributed by atoms with Crippen molar-refractivity contribution in [3.63, 3.8) is 0 Å². The summed E-state index contributed by atoms with van der Waals surface area (Å²) in [4.78, 5) is 10.0. The zero-order valence-electron chi connectivity index (χ0n) is 9.40. The van der Waals surface area contributed by atoms with E-state index in [1.807, 2.05) is 0 Å². The van der Waals surface area contributed by atoms with Gasteiger partial charge < -0.3 is 10.6 Å². The summed E-state index contributed by atoms with van der Waals surface area (Å²) in [5.74, 6) is 0. The topological polar surface area (TPSA) is 67.2 Å². The molecule has 0 fully saturated rings. The van der Waals surface area contributed by atoms with Gasteiger partial charge in [-0.15, -0.1) is 0 Å². The van der Waals surface area contributed by atoms with E-state index in [9.17, 15) is 10.1 Å². The highest BCUT2D eigenvalue weighted by atomic mass is 16.6. The molecule has 0 aliphatic heterocycles. The lowest BCUT2D eigenvalue weighted by atomic mass is 10.2. The normalized spacial score (nSPS) is 10.3. The molecule has 5 nitrogen and oxygen atoms in total. The van der Waals surface area contributed by atoms with Crippen LogP contribution in [0.1, 0.15) is 12.5 Å². The van der Waals surface area contributed by atoms with E-state index >= 15 is 0 Å². The molecule has 0 bridgehead atoms. The van der Waals surface area contributed by atoms with Crippen LogP contribution in [0.2, 0.25) is 0 Å². The Bertz CT molecular complexity index is 325. The summed E-state index contributed by atoms with van der Waals surface area (Å²) >= 11 is 0. The van der Waals surface area contributed by atoms with Gasteiger partial charge in [-0.1, -0.05) is 19.1 Å². The van der Waals surface area contributed by atoms with Gasteiger partial charge in [0, 0.05) is 31.8 Å². The van der Waals surface area contributed by atoms with Crippen LogP contribution in [0.5, 0.6) is 0 Å². The van der Waals surface area contributed by atoms with Crippen LogP contribution in [-0.4, -0.2) is 24.6 Å². The van der Waals surface area contributed by atoms with Gasteiger partial charge in [-0.2, -0.15) is 0 Å². The minimum atomic E-state index is -0.387. The predicted octanol–water partition coefficient (Wildman–Crippen LogP) is 1.29. The molecule has 0 aromatic heterocycles. The Balaban J connectivity index is 2.29. The number of nitro groups is 1. The Hall–Kier alpha value is -1.46. The molecule has 0 saturated heterocycles. The molecule has 0 aliphatic rings. The molecular formula is C11H17N3O2. The van der Waals surface area contributed by atoms with Crippen molar-refractivity contribution in [1.82, 2.24) is 10.6 Å². The molecule has 1 aromatic carbocycles. The number of nitrogens with one attached hydrogen (secondary N) is 2. The third-order valence-electron chi connectivity index (χ3n) is 2.20. The molecule has 2 N–H and O–H groups in total. The van der Waals surface area contributed by atoms with E-state index in [1.165, 1.54) is 12.1 Å². The first-order chi connectivity index (χ1) is 7.74. The highest BCUT2D eigenvalue weighted by molar-refractivity contribution is 5.32. The first-order valence-corrected chi connectivity index (χ1v) is 5.38. The fourth-order valence-corrected chi connectivity index (χ4v) is 1.32. The third-order valence-corrected chi connectivity index (χ3v) is 2.20. The first kappa shape index (κ1) is 12.6. The standard InChI is InChI=1S/C11H17N3O2/c1-2-12-7-8-13-9-10-3-5-11(6-4-10)14(15)16/h3-6,12-13H,2,7-9H2,1H3. The summed E-state index contributed by atoms with van der Waals surface area (Å²) in [6.07, 6.45) is 0. The van der Waals surface area contributed by atoms with Crippen molar-refractivity contribution in [1.29, 1.82) is 0 Å². The molecule has 0 saturated carbocycles. The quantitative estimate of drug-likeness (QED) is 0.415. The SMILES string of the molecule is CCNCCNCc1ccc([N+](=O)[O-])cc1. The van der Waals surface area contributed by atoms with E-state index in [4.69, 9.17) is 0 Å². The van der Waals surface area contributed by atoms with E-state index < -0.39 is 0 Å². The first-order valence-electron chi connectivity index (χ1n) is 5.38. The van der Waals surface area contributed by atoms with Crippen LogP contribution >= 0.6 is 0 Å². The minimum Gasteiger partial charge on any atom is -0.316 e. The van der Waals surface area contributed by atoms with E-state index in [0.29, 0.717) is 0 Å². The van der Waals surface area contributed by atoms with E-state index in [-0.39, 0.29) is 10.6 Å². The van der Waals surface area contributed by atoms with Gasteiger partial charge in [0.2, 0.25) is 0 Å². The van der Waals surface area contributed by atoms with Crippen LogP contribution in [0, 0.1) is 10.1 Å². The molecule has 1 rings (SSSR count). The number of rotatable bonds is 7. The Morgan fingerprint density at radius 3 is 2.38 bits per heavy atom. The zero-order chi connectivity index (χ0) is 11.8. The molecule has 0 atom stereocenters. The minimum absolute atomic E-state index is 0.136. The molecule has 0 amide bonds. The summed E-state index contributed by atoms with van der Waals surface area (Å²) < 4.78 is 0. The Labute approximate surface area is 95.0 Å². The Morgan fingerprint density at radius 1 is 1.19 bits per heavy atom. The number of hydrogen-bond acceptors (Lipinski definition) is 4. The molecule has 1 aromatic rings. The third kappa shape index (κ3) is 4.37. The van der Waals surface area contributed by atoms with Crippen LogP contribution in [0.15, 0.2) is 24.3 Å². The molecule has 88 valence electrons. The van der Waals surface area contributed by atoms with Gasteiger partial charge in [0.15, 0.2) is 0 Å². The number of likely N-dealkylation sites (N-methyl/N-ethyl adjacent to an activating group) is 1. The van der Waals surface area contributed by atoms with Crippen LogP contribution < -0.4 is 10.6 Å². The molecule has 0 radical (unpaired) electrons. The summed E-state index contributed by atoms with van der Waals surface area (Å²) in [7, 11) is 0. The number of nitrogens with zero attached hydrogens (tertiary/aromatic N) is 1. The van der Waals surface area contributed by atoms with Gasteiger partial charge in [0.1, 0.15) is 0 Å². The molecular weight excluding hydrogens is 206 g/mol. The predicted molar refractivity (Wildman–Crippen MR) is 63.3 cm³/mol. The van der Waals surface area contributed by atoms with Crippen molar-refractivity contribution in [2.75, 3.05) is 19.6 Å². The van der Waals surface area contributed by atoms with E-state index in [0.717, 1.165) is 31.7 Å². The number of non-ortho nitro benzene ring substituents is 1. The number of hydrogen-bond donors (Lipinski definition) is 2. The molecule has 5 heteroatoms. The maximum atomic E-state index is 10.4. The Kier molecular flexibility index (Phi) is 5.45. The van der Waals surface area contributed by atoms with Crippen LogP contribution in [0.3, 0.4) is 0 Å². The van der Waals surface area contributed by atoms with Gasteiger partial charge in [-0.05, 0) is 12.1 Å². The van der Waals surface area contributed by atoms with Crippen molar-refractivity contribution in [3.05, 3.63) is 39.9 Å². The summed E-state index contributed by atoms with van der Waals surface area (Å²) in [6, 6.07) is 6.61. The zero-order valence-corrected chi connectivity index (χ0v) is 9.40. The lowest BCUT2D eigenvalue weighted by Crippen LogP contribution is -2.26. The number of nitro benzene ring substituents is 1. The highest BCUT2D eigenvalue weighted by Gasteiger charge is 2.02. The van der Waals surface area contributed by atoms with Crippen LogP contribution in [0.25, 0.3) is 0 Å². The van der Waals surface area contributed by atoms with Gasteiger partial charge in [-0.25, -0.2) is 0 Å². The fourth-order valence-electron chi connectivity index (χ4n) is 1.32. The summed E-state index contributed by atoms with van der Waals surface area (Å²) in [6.45, 7) is 5.60. The van der Waals surface area contributed by atoms with Gasteiger partial charge in [0.25, 0.3) is 5.69 Å². The average molecular weight is 223 g/mol. The largest absolute Gasteiger partial charge is 0.316 e. The maximum Gasteiger partial charge on any atom is 0.269 e. The smallest absolute Gasteiger partial charge is 0.269 e. The van der Waals surface area contributed by atoms with E-state index in [2.05, 4.69) is 17.6 Å². The lowest BCUT2D eigenvalue weighted by molar-refractivity contribution is -0.384. The maximum absolute atomic E-state index is 10.4. The molecule has 0 unspecified atom stereocenters. The fraction of sp³-hybridized carbons (Fsp3) is 0.455. The van der Waals surface area contributed by atoms with Crippen molar-refractivity contribution >= 4 is 5.69 Å². The van der Waals surface area contributed by atoms with Crippen LogP contribution in [0.4, 0.5) is 5.69 Å². The monoisotopic (exact) mass is 223 g/mol.